The van der Waals surface area contributed by atoms with E-state index in [-0.39, 0.29) is 31.0 Å². The van der Waals surface area contributed by atoms with Crippen molar-refractivity contribution in [3.05, 3.63) is 82.3 Å². The highest BCUT2D eigenvalue weighted by atomic mass is 19.1. The lowest BCUT2D eigenvalue weighted by Crippen LogP contribution is -2.35. The summed E-state index contributed by atoms with van der Waals surface area (Å²) in [6.07, 6.45) is 1.48. The van der Waals surface area contributed by atoms with Crippen molar-refractivity contribution in [1.29, 1.82) is 0 Å². The normalized spacial score (nSPS) is 10.8. The summed E-state index contributed by atoms with van der Waals surface area (Å²) in [5.41, 5.74) is 1.96. The maximum atomic E-state index is 13.7. The van der Waals surface area contributed by atoms with Crippen LogP contribution in [0.4, 0.5) is 4.39 Å². The minimum atomic E-state index is -0.545. The van der Waals surface area contributed by atoms with E-state index >= 15 is 0 Å². The van der Waals surface area contributed by atoms with Gasteiger partial charge in [-0.15, -0.1) is 0 Å². The number of carbonyl (C=O) groups is 3. The smallest absolute Gasteiger partial charge is 0.355 e. The topological polar surface area (TPSA) is 81.8 Å². The monoisotopic (exact) mass is 454 g/mol. The minimum Gasteiger partial charge on any atom is -0.467 e. The standard InChI is InChI=1S/C25H27FN2O5/c1-5-28-17(4)22(16(3)23(28)25(31)32-6-2)21(29)15-27(14-20-11-8-12-33-20)24(30)18-9-7-10-19(26)13-18/h7-13H,5-6,14-15H2,1-4H3. The summed E-state index contributed by atoms with van der Waals surface area (Å²) in [6.45, 7) is 7.51. The number of rotatable bonds is 9. The number of carbonyl (C=O) groups excluding carboxylic acids is 3. The number of benzene rings is 1. The molecule has 0 unspecified atom stereocenters. The van der Waals surface area contributed by atoms with Gasteiger partial charge in [0.2, 0.25) is 0 Å². The zero-order chi connectivity index (χ0) is 24.1. The Bertz CT molecular complexity index is 1160. The number of hydrogen-bond donors (Lipinski definition) is 0. The number of amides is 1. The molecule has 0 saturated heterocycles. The van der Waals surface area contributed by atoms with E-state index in [0.29, 0.717) is 34.8 Å². The van der Waals surface area contributed by atoms with Crippen molar-refractivity contribution < 1.29 is 27.9 Å². The third-order valence-corrected chi connectivity index (χ3v) is 5.45. The number of aromatic nitrogens is 1. The van der Waals surface area contributed by atoms with Crippen LogP contribution in [0.3, 0.4) is 0 Å². The summed E-state index contributed by atoms with van der Waals surface area (Å²) in [7, 11) is 0. The number of halogens is 1. The second-order valence-corrected chi connectivity index (χ2v) is 7.57. The third-order valence-electron chi connectivity index (χ3n) is 5.45. The summed E-state index contributed by atoms with van der Waals surface area (Å²) >= 11 is 0. The van der Waals surface area contributed by atoms with Crippen molar-refractivity contribution in [2.45, 2.75) is 40.8 Å². The summed E-state index contributed by atoms with van der Waals surface area (Å²) in [4.78, 5) is 40.4. The predicted molar refractivity (Wildman–Crippen MR) is 120 cm³/mol. The van der Waals surface area contributed by atoms with Crippen LogP contribution in [0.2, 0.25) is 0 Å². The van der Waals surface area contributed by atoms with Crippen LogP contribution in [0, 0.1) is 19.7 Å². The SMILES string of the molecule is CCOC(=O)c1c(C)c(C(=O)CN(Cc2ccco2)C(=O)c2cccc(F)c2)c(C)n1CC. The summed E-state index contributed by atoms with van der Waals surface area (Å²) in [6, 6.07) is 8.69. The second kappa shape index (κ2) is 10.3. The van der Waals surface area contributed by atoms with Crippen LogP contribution in [0.1, 0.15) is 62.1 Å². The maximum absolute atomic E-state index is 13.7. The number of nitrogens with zero attached hydrogens (tertiary/aromatic N) is 2. The minimum absolute atomic E-state index is 0.0331. The predicted octanol–water partition coefficient (Wildman–Crippen LogP) is 4.56. The van der Waals surface area contributed by atoms with Crippen LogP contribution in [0.15, 0.2) is 47.1 Å². The van der Waals surface area contributed by atoms with Gasteiger partial charge in [0.05, 0.1) is 26.0 Å². The van der Waals surface area contributed by atoms with E-state index in [1.165, 1.54) is 29.4 Å². The van der Waals surface area contributed by atoms with Crippen LogP contribution >= 0.6 is 0 Å². The van der Waals surface area contributed by atoms with E-state index < -0.39 is 17.7 Å². The first-order valence-corrected chi connectivity index (χ1v) is 10.8. The van der Waals surface area contributed by atoms with E-state index in [4.69, 9.17) is 9.15 Å². The second-order valence-electron chi connectivity index (χ2n) is 7.57. The average Bonchev–Trinajstić information content (AvgIpc) is 3.38. The van der Waals surface area contributed by atoms with Crippen molar-refractivity contribution in [2.75, 3.05) is 13.2 Å². The van der Waals surface area contributed by atoms with E-state index in [1.807, 2.05) is 6.92 Å². The Morgan fingerprint density at radius 3 is 2.48 bits per heavy atom. The molecule has 0 spiro atoms. The van der Waals surface area contributed by atoms with E-state index in [0.717, 1.165) is 6.07 Å². The summed E-state index contributed by atoms with van der Waals surface area (Å²) in [5.74, 6) is -1.40. The van der Waals surface area contributed by atoms with Gasteiger partial charge in [-0.3, -0.25) is 9.59 Å². The molecule has 2 aromatic heterocycles. The van der Waals surface area contributed by atoms with Crippen LogP contribution in [0.25, 0.3) is 0 Å². The first-order valence-electron chi connectivity index (χ1n) is 10.8. The summed E-state index contributed by atoms with van der Waals surface area (Å²) < 4.78 is 26.0. The fourth-order valence-corrected chi connectivity index (χ4v) is 4.01. The fraction of sp³-hybridized carbons (Fsp3) is 0.320. The van der Waals surface area contributed by atoms with Gasteiger partial charge in [-0.25, -0.2) is 9.18 Å². The molecule has 0 fully saturated rings. The van der Waals surface area contributed by atoms with Gasteiger partial charge in [0.1, 0.15) is 17.3 Å². The van der Waals surface area contributed by atoms with Crippen LogP contribution in [-0.2, 0) is 17.8 Å². The molecule has 8 heteroatoms. The van der Waals surface area contributed by atoms with Crippen molar-refractivity contribution in [1.82, 2.24) is 9.47 Å². The Kier molecular flexibility index (Phi) is 7.48. The number of ketones is 1. The van der Waals surface area contributed by atoms with Gasteiger partial charge in [-0.1, -0.05) is 6.07 Å². The molecule has 1 aromatic carbocycles. The summed E-state index contributed by atoms with van der Waals surface area (Å²) in [5, 5.41) is 0. The number of hydrogen-bond acceptors (Lipinski definition) is 5. The van der Waals surface area contributed by atoms with Crippen LogP contribution in [0.5, 0.6) is 0 Å². The highest BCUT2D eigenvalue weighted by molar-refractivity contribution is 6.06. The molecule has 2 heterocycles. The van der Waals surface area contributed by atoms with Gasteiger partial charge in [0.15, 0.2) is 5.78 Å². The van der Waals surface area contributed by atoms with Crippen LogP contribution in [-0.4, -0.2) is 40.3 Å². The Morgan fingerprint density at radius 1 is 1.12 bits per heavy atom. The molecule has 174 valence electrons. The van der Waals surface area contributed by atoms with Crippen molar-refractivity contribution in [3.8, 4) is 0 Å². The van der Waals surface area contributed by atoms with Gasteiger partial charge >= 0.3 is 5.97 Å². The third kappa shape index (κ3) is 5.05. The molecule has 0 saturated carbocycles. The quantitative estimate of drug-likeness (QED) is 0.350. The van der Waals surface area contributed by atoms with Crippen LogP contribution < -0.4 is 0 Å². The highest BCUT2D eigenvalue weighted by Crippen LogP contribution is 2.25. The maximum Gasteiger partial charge on any atom is 0.355 e. The molecule has 0 radical (unpaired) electrons. The molecular formula is C25H27FN2O5. The molecule has 1 amide bonds. The lowest BCUT2D eigenvalue weighted by Gasteiger charge is -2.21. The van der Waals surface area contributed by atoms with Gasteiger partial charge in [-0.2, -0.15) is 0 Å². The molecule has 3 aromatic rings. The number of esters is 1. The van der Waals surface area contributed by atoms with E-state index in [9.17, 15) is 18.8 Å². The Morgan fingerprint density at radius 2 is 1.88 bits per heavy atom. The molecule has 0 bridgehead atoms. The molecule has 0 atom stereocenters. The first kappa shape index (κ1) is 24.0. The van der Waals surface area contributed by atoms with E-state index in [2.05, 4.69) is 0 Å². The zero-order valence-corrected chi connectivity index (χ0v) is 19.2. The van der Waals surface area contributed by atoms with Crippen molar-refractivity contribution in [3.63, 3.8) is 0 Å². The number of furan rings is 1. The lowest BCUT2D eigenvalue weighted by molar-refractivity contribution is 0.0512. The molecule has 0 aliphatic heterocycles. The van der Waals surface area contributed by atoms with E-state index in [1.54, 1.807) is 37.5 Å². The fourth-order valence-electron chi connectivity index (χ4n) is 4.01. The molecule has 33 heavy (non-hydrogen) atoms. The van der Waals surface area contributed by atoms with Crippen molar-refractivity contribution in [2.24, 2.45) is 0 Å². The molecule has 3 rings (SSSR count). The molecular weight excluding hydrogens is 427 g/mol. The average molecular weight is 454 g/mol. The first-order chi connectivity index (χ1) is 15.8. The molecule has 0 N–H and O–H groups in total. The number of ether oxygens (including phenoxy) is 1. The largest absolute Gasteiger partial charge is 0.467 e. The van der Waals surface area contributed by atoms with Crippen molar-refractivity contribution >= 4 is 17.7 Å². The highest BCUT2D eigenvalue weighted by Gasteiger charge is 2.29. The molecule has 0 aliphatic rings. The van der Waals surface area contributed by atoms with Gasteiger partial charge in [-0.05, 0) is 63.6 Å². The Balaban J connectivity index is 1.97. The molecule has 0 aliphatic carbocycles. The van der Waals surface area contributed by atoms with Gasteiger partial charge in [0.25, 0.3) is 5.91 Å². The molecule has 7 nitrogen and oxygen atoms in total. The van der Waals surface area contributed by atoms with Gasteiger partial charge < -0.3 is 18.6 Å². The zero-order valence-electron chi connectivity index (χ0n) is 19.2. The number of Topliss-reactive ketones (excluding diaryl/α,β-unsaturated/α-hetero) is 1. The lowest BCUT2D eigenvalue weighted by atomic mass is 10.0. The van der Waals surface area contributed by atoms with Gasteiger partial charge in [0, 0.05) is 23.4 Å². The Labute approximate surface area is 191 Å². The Hall–Kier alpha value is -3.68.